The SMILES string of the molecule is CCCCCCCCCCCCCCC(=O)Oc1ccc(OP(=O)(OCc2ccc(OC(=O)CC(C)C)cc2)OP(=O)(O)OP(=O)(O)OC[C@@H]2C=C[C@H](n3cc(C)c(=O)[nH]c3=O)O2)cc1. The second-order valence-corrected chi connectivity index (χ2v) is 20.7. The number of esters is 2. The van der Waals surface area contributed by atoms with Crippen LogP contribution in [0.1, 0.15) is 128 Å². The molecular formula is C43H61N2O17P3. The predicted octanol–water partition coefficient (Wildman–Crippen LogP) is 9.90. The first-order valence-electron chi connectivity index (χ1n) is 21.8. The third kappa shape index (κ3) is 20.2. The highest BCUT2D eigenvalue weighted by Crippen LogP contribution is 2.69. The number of aromatic nitrogens is 2. The lowest BCUT2D eigenvalue weighted by molar-refractivity contribution is -0.135. The summed E-state index contributed by atoms with van der Waals surface area (Å²) in [5, 5.41) is 0. The topological polar surface area (TPSA) is 255 Å². The zero-order valence-electron chi connectivity index (χ0n) is 37.2. The van der Waals surface area contributed by atoms with Crippen molar-refractivity contribution in [1.29, 1.82) is 0 Å². The number of hydrogen-bond acceptors (Lipinski definition) is 15. The van der Waals surface area contributed by atoms with Crippen molar-refractivity contribution < 1.29 is 69.5 Å². The number of unbranched alkanes of at least 4 members (excludes halogenated alkanes) is 11. The summed E-state index contributed by atoms with van der Waals surface area (Å²) in [6.45, 7) is 6.09. The van der Waals surface area contributed by atoms with Crippen molar-refractivity contribution in [3.63, 3.8) is 0 Å². The number of carbonyl (C=O) groups is 2. The number of benzene rings is 2. The van der Waals surface area contributed by atoms with Crippen LogP contribution in [0, 0.1) is 12.8 Å². The van der Waals surface area contributed by atoms with Crippen LogP contribution >= 0.6 is 23.5 Å². The first-order valence-corrected chi connectivity index (χ1v) is 26.2. The van der Waals surface area contributed by atoms with E-state index >= 15 is 0 Å². The van der Waals surface area contributed by atoms with Crippen molar-refractivity contribution in [3.8, 4) is 17.2 Å². The van der Waals surface area contributed by atoms with Gasteiger partial charge in [-0.25, -0.2) is 18.5 Å². The van der Waals surface area contributed by atoms with Crippen molar-refractivity contribution in [2.45, 2.75) is 137 Å². The molecule has 19 nitrogen and oxygen atoms in total. The number of hydrogen-bond donors (Lipinski definition) is 3. The number of aryl methyl sites for hydroxylation is 1. The van der Waals surface area contributed by atoms with Crippen LogP contribution in [0.3, 0.4) is 0 Å². The Morgan fingerprint density at radius 3 is 1.89 bits per heavy atom. The van der Waals surface area contributed by atoms with Crippen LogP contribution in [0.5, 0.6) is 17.2 Å². The average Bonchev–Trinajstić information content (AvgIpc) is 3.70. The van der Waals surface area contributed by atoms with Crippen molar-refractivity contribution in [2.24, 2.45) is 5.92 Å². The van der Waals surface area contributed by atoms with E-state index in [0.29, 0.717) is 12.0 Å². The van der Waals surface area contributed by atoms with E-state index in [2.05, 4.69) is 16.2 Å². The molecule has 360 valence electrons. The molecule has 0 spiro atoms. The molecule has 65 heavy (non-hydrogen) atoms. The minimum absolute atomic E-state index is 0.0704. The summed E-state index contributed by atoms with van der Waals surface area (Å²) in [7, 11) is -16.6. The third-order valence-electron chi connectivity index (χ3n) is 9.66. The highest BCUT2D eigenvalue weighted by atomic mass is 31.3. The Balaban J connectivity index is 1.33. The first kappa shape index (κ1) is 53.6. The van der Waals surface area contributed by atoms with Gasteiger partial charge in [0.2, 0.25) is 0 Å². The smallest absolute Gasteiger partial charge is 0.427 e. The fourth-order valence-electron chi connectivity index (χ4n) is 6.35. The Labute approximate surface area is 378 Å². The van der Waals surface area contributed by atoms with E-state index in [1.54, 1.807) is 0 Å². The number of aromatic amines is 1. The number of phosphoric ester groups is 2. The van der Waals surface area contributed by atoms with Crippen LogP contribution < -0.4 is 25.2 Å². The van der Waals surface area contributed by atoms with Crippen LogP contribution in [-0.2, 0) is 52.3 Å². The van der Waals surface area contributed by atoms with Gasteiger partial charge in [-0.05, 0) is 67.3 Å². The Morgan fingerprint density at radius 1 is 0.738 bits per heavy atom. The quantitative estimate of drug-likeness (QED) is 0.0185. The number of nitrogens with zero attached hydrogens (tertiary/aromatic N) is 1. The standard InChI is InChI=1S/C43H61N2O17P3/c1-5-6-7-8-9-10-11-12-13-14-15-16-17-40(46)58-36-22-24-37(25-23-36)60-65(54,56-30-34-18-20-35(21-19-34)59-41(47)28-32(2)3)62-64(52,53)61-63(50,51)55-31-38-26-27-39(57-38)45-29-33(4)42(48)44-43(45)49/h18-27,29,32,38-39H,5-17,28,30-31H2,1-4H3,(H,50,51)(H,52,53)(H,44,48,49)/t38-,39+,65?/m0/s1. The molecule has 1 aliphatic rings. The molecule has 0 fully saturated rings. The largest absolute Gasteiger partial charge is 0.539 e. The van der Waals surface area contributed by atoms with Gasteiger partial charge in [0.1, 0.15) is 23.4 Å². The normalized spacial score (nSPS) is 17.6. The van der Waals surface area contributed by atoms with Gasteiger partial charge in [-0.2, -0.15) is 8.62 Å². The lowest BCUT2D eigenvalue weighted by Gasteiger charge is -2.22. The molecule has 0 saturated heterocycles. The fraction of sp³-hybridized carbons (Fsp3) is 0.535. The Bertz CT molecular complexity index is 2280. The molecule has 1 aliphatic heterocycles. The Morgan fingerprint density at radius 2 is 1.29 bits per heavy atom. The molecule has 5 atom stereocenters. The maximum Gasteiger partial charge on any atom is 0.539 e. The lowest BCUT2D eigenvalue weighted by atomic mass is 10.0. The molecule has 1 aromatic heterocycles. The Kier molecular flexibility index (Phi) is 21.8. The molecule has 22 heteroatoms. The van der Waals surface area contributed by atoms with Gasteiger partial charge in [0.05, 0.1) is 13.2 Å². The summed E-state index contributed by atoms with van der Waals surface area (Å²) in [4.78, 5) is 71.7. The van der Waals surface area contributed by atoms with Gasteiger partial charge in [0.25, 0.3) is 5.56 Å². The van der Waals surface area contributed by atoms with Crippen LogP contribution in [-0.4, -0.2) is 44.0 Å². The Hall–Kier alpha value is -3.99. The number of phosphoric acid groups is 3. The maximum atomic E-state index is 14.0. The van der Waals surface area contributed by atoms with Crippen molar-refractivity contribution in [3.05, 3.63) is 98.8 Å². The molecule has 0 aliphatic carbocycles. The van der Waals surface area contributed by atoms with Crippen molar-refractivity contribution in [1.82, 2.24) is 9.55 Å². The molecular weight excluding hydrogens is 909 g/mol. The minimum Gasteiger partial charge on any atom is -0.427 e. The van der Waals surface area contributed by atoms with Gasteiger partial charge in [0.15, 0.2) is 6.23 Å². The summed E-state index contributed by atoms with van der Waals surface area (Å²) >= 11 is 0. The minimum atomic E-state index is -5.84. The highest BCUT2D eigenvalue weighted by Gasteiger charge is 2.45. The molecule has 2 heterocycles. The predicted molar refractivity (Wildman–Crippen MR) is 239 cm³/mol. The molecule has 4 rings (SSSR count). The van der Waals surface area contributed by atoms with Gasteiger partial charge < -0.3 is 28.5 Å². The summed E-state index contributed by atoms with van der Waals surface area (Å²) in [5.41, 5.74) is -0.842. The molecule has 0 amide bonds. The number of ether oxygens (including phenoxy) is 3. The number of carbonyl (C=O) groups excluding carboxylic acids is 2. The number of nitrogens with one attached hydrogen (secondary N) is 1. The molecule has 2 aromatic carbocycles. The molecule has 0 bridgehead atoms. The summed E-state index contributed by atoms with van der Waals surface area (Å²) in [6, 6.07) is 10.9. The third-order valence-corrected chi connectivity index (χ3v) is 14.3. The van der Waals surface area contributed by atoms with Crippen LogP contribution in [0.4, 0.5) is 0 Å². The van der Waals surface area contributed by atoms with Crippen molar-refractivity contribution >= 4 is 35.4 Å². The van der Waals surface area contributed by atoms with E-state index in [1.165, 1.54) is 125 Å². The number of H-pyrrole nitrogens is 1. The molecule has 0 saturated carbocycles. The lowest BCUT2D eigenvalue weighted by Crippen LogP contribution is -2.33. The first-order chi connectivity index (χ1) is 30.8. The second-order valence-electron chi connectivity index (χ2n) is 15.9. The van der Waals surface area contributed by atoms with Gasteiger partial charge in [-0.1, -0.05) is 110 Å². The summed E-state index contributed by atoms with van der Waals surface area (Å²) in [6.07, 6.45) is 16.2. The van der Waals surface area contributed by atoms with E-state index in [4.69, 9.17) is 32.1 Å². The van der Waals surface area contributed by atoms with Crippen LogP contribution in [0.2, 0.25) is 0 Å². The van der Waals surface area contributed by atoms with Crippen LogP contribution in [0.15, 0.2) is 76.5 Å². The molecule has 3 aromatic rings. The van der Waals surface area contributed by atoms with Gasteiger partial charge >= 0.3 is 41.1 Å². The van der Waals surface area contributed by atoms with E-state index in [9.17, 15) is 42.7 Å². The highest BCUT2D eigenvalue weighted by molar-refractivity contribution is 7.67. The molecule has 0 radical (unpaired) electrons. The monoisotopic (exact) mass is 970 g/mol. The zero-order valence-corrected chi connectivity index (χ0v) is 39.9. The average molecular weight is 971 g/mol. The molecule has 3 N–H and O–H groups in total. The van der Waals surface area contributed by atoms with Gasteiger partial charge in [0, 0.05) is 24.6 Å². The van der Waals surface area contributed by atoms with Crippen LogP contribution in [0.25, 0.3) is 0 Å². The van der Waals surface area contributed by atoms with E-state index < -0.39 is 72.2 Å². The van der Waals surface area contributed by atoms with Crippen molar-refractivity contribution in [2.75, 3.05) is 6.61 Å². The maximum absolute atomic E-state index is 14.0. The van der Waals surface area contributed by atoms with E-state index in [0.717, 1.165) is 23.8 Å². The fourth-order valence-corrected chi connectivity index (χ4v) is 10.4. The van der Waals surface area contributed by atoms with E-state index in [1.807, 2.05) is 13.8 Å². The second kappa shape index (κ2) is 26.4. The van der Waals surface area contributed by atoms with Gasteiger partial charge in [-0.3, -0.25) is 33.0 Å². The summed E-state index contributed by atoms with van der Waals surface area (Å²) in [5.74, 6) is -0.732. The van der Waals surface area contributed by atoms with Gasteiger partial charge in [-0.15, -0.1) is 0 Å². The summed E-state index contributed by atoms with van der Waals surface area (Å²) < 4.78 is 82.3. The zero-order chi connectivity index (χ0) is 47.5. The molecule has 3 unspecified atom stereocenters. The van der Waals surface area contributed by atoms with E-state index in [-0.39, 0.29) is 41.6 Å². The number of rotatable bonds is 30.